The van der Waals surface area contributed by atoms with Gasteiger partial charge in [0.1, 0.15) is 24.2 Å². The van der Waals surface area contributed by atoms with Gasteiger partial charge in [0, 0.05) is 12.6 Å². The molecule has 2 amide bonds. The summed E-state index contributed by atoms with van der Waals surface area (Å²) in [7, 11) is -2.69. The Hall–Kier alpha value is -3.92. The summed E-state index contributed by atoms with van der Waals surface area (Å²) in [5.41, 5.74) is 0.916. The van der Waals surface area contributed by atoms with Gasteiger partial charge in [0.2, 0.25) is 11.8 Å². The number of methoxy groups -OCH3 is 1. The van der Waals surface area contributed by atoms with E-state index in [1.807, 2.05) is 0 Å². The Bertz CT molecular complexity index is 1410. The van der Waals surface area contributed by atoms with Crippen LogP contribution >= 0.6 is 0 Å². The van der Waals surface area contributed by atoms with Gasteiger partial charge in [-0.2, -0.15) is 0 Å². The third-order valence-corrected chi connectivity index (χ3v) is 9.14. The molecule has 0 bridgehead atoms. The van der Waals surface area contributed by atoms with Gasteiger partial charge in [-0.05, 0) is 73.9 Å². The number of carbonyl (C=O) groups is 2. The van der Waals surface area contributed by atoms with Crippen molar-refractivity contribution < 1.29 is 27.1 Å². The van der Waals surface area contributed by atoms with Crippen molar-refractivity contribution >= 4 is 27.5 Å². The monoisotopic (exact) mass is 581 g/mol. The minimum absolute atomic E-state index is 0.00355. The van der Waals surface area contributed by atoms with Crippen LogP contribution in [0.3, 0.4) is 0 Å². The summed E-state index contributed by atoms with van der Waals surface area (Å²) < 4.78 is 47.5. The lowest BCUT2D eigenvalue weighted by atomic mass is 9.95. The number of hydrogen-bond acceptors (Lipinski definition) is 5. The number of sulfonamides is 1. The lowest BCUT2D eigenvalue weighted by molar-refractivity contribution is -0.139. The number of nitrogens with one attached hydrogen (secondary N) is 1. The van der Waals surface area contributed by atoms with E-state index < -0.39 is 34.3 Å². The molecule has 1 N–H and O–H groups in total. The van der Waals surface area contributed by atoms with E-state index in [1.165, 1.54) is 48.4 Å². The van der Waals surface area contributed by atoms with Gasteiger partial charge in [-0.1, -0.05) is 49.6 Å². The van der Waals surface area contributed by atoms with Crippen LogP contribution in [0.2, 0.25) is 0 Å². The molecule has 0 unspecified atom stereocenters. The maximum absolute atomic E-state index is 14.0. The van der Waals surface area contributed by atoms with E-state index in [0.717, 1.165) is 36.4 Å². The molecule has 1 aliphatic carbocycles. The van der Waals surface area contributed by atoms with Crippen molar-refractivity contribution in [2.45, 2.75) is 62.6 Å². The molecular formula is C31H36FN3O5S. The van der Waals surface area contributed by atoms with Crippen molar-refractivity contribution in [1.29, 1.82) is 0 Å². The minimum Gasteiger partial charge on any atom is -0.497 e. The molecule has 0 saturated heterocycles. The summed E-state index contributed by atoms with van der Waals surface area (Å²) in [5, 5.41) is 3.06. The van der Waals surface area contributed by atoms with Crippen LogP contribution < -0.4 is 14.4 Å². The van der Waals surface area contributed by atoms with Gasteiger partial charge in [-0.15, -0.1) is 0 Å². The minimum atomic E-state index is -4.17. The Labute approximate surface area is 241 Å². The summed E-state index contributed by atoms with van der Waals surface area (Å²) in [4.78, 5) is 28.6. The number of benzene rings is 3. The van der Waals surface area contributed by atoms with Gasteiger partial charge in [-0.25, -0.2) is 12.8 Å². The first kappa shape index (κ1) is 30.0. The van der Waals surface area contributed by atoms with E-state index in [0.29, 0.717) is 17.0 Å². The fourth-order valence-corrected chi connectivity index (χ4v) is 6.35. The van der Waals surface area contributed by atoms with E-state index in [1.54, 1.807) is 49.4 Å². The van der Waals surface area contributed by atoms with E-state index >= 15 is 0 Å². The number of nitrogens with zero attached hydrogens (tertiary/aromatic N) is 2. The van der Waals surface area contributed by atoms with Crippen LogP contribution in [0.1, 0.15) is 44.6 Å². The normalized spacial score (nSPS) is 14.6. The van der Waals surface area contributed by atoms with E-state index in [4.69, 9.17) is 4.74 Å². The predicted octanol–water partition coefficient (Wildman–Crippen LogP) is 4.90. The second-order valence-electron chi connectivity index (χ2n) is 10.2. The number of para-hydroxylation sites is 1. The summed E-state index contributed by atoms with van der Waals surface area (Å²) in [6, 6.07) is 19.1. The fourth-order valence-electron chi connectivity index (χ4n) is 4.94. The number of ether oxygens (including phenoxy) is 1. The molecule has 1 saturated carbocycles. The second-order valence-corrected chi connectivity index (χ2v) is 12.1. The largest absolute Gasteiger partial charge is 0.497 e. The zero-order chi connectivity index (χ0) is 29.4. The molecule has 3 aromatic carbocycles. The molecule has 1 fully saturated rings. The van der Waals surface area contributed by atoms with E-state index in [2.05, 4.69) is 5.32 Å². The number of amides is 2. The lowest BCUT2D eigenvalue weighted by Gasteiger charge is -2.33. The first-order chi connectivity index (χ1) is 19.7. The smallest absolute Gasteiger partial charge is 0.264 e. The lowest BCUT2D eigenvalue weighted by Crippen LogP contribution is -2.53. The van der Waals surface area contributed by atoms with Gasteiger partial charge in [-0.3, -0.25) is 13.9 Å². The van der Waals surface area contributed by atoms with Crippen molar-refractivity contribution in [3.63, 3.8) is 0 Å². The van der Waals surface area contributed by atoms with Crippen molar-refractivity contribution in [2.24, 2.45) is 0 Å². The van der Waals surface area contributed by atoms with Crippen LogP contribution in [0.25, 0.3) is 0 Å². The van der Waals surface area contributed by atoms with Crippen molar-refractivity contribution in [3.05, 3.63) is 90.2 Å². The van der Waals surface area contributed by atoms with Crippen LogP contribution in [-0.4, -0.2) is 50.9 Å². The molecular weight excluding hydrogens is 545 g/mol. The summed E-state index contributed by atoms with van der Waals surface area (Å²) in [6.45, 7) is 1.09. The number of rotatable bonds is 11. The average molecular weight is 582 g/mol. The fraction of sp³-hybridized carbons (Fsp3) is 0.355. The highest BCUT2D eigenvalue weighted by Gasteiger charge is 2.33. The summed E-state index contributed by atoms with van der Waals surface area (Å²) in [6.07, 6.45) is 4.97. The number of anilines is 1. The summed E-state index contributed by atoms with van der Waals surface area (Å²) >= 11 is 0. The highest BCUT2D eigenvalue weighted by atomic mass is 32.2. The number of carbonyl (C=O) groups excluding carboxylic acids is 2. The van der Waals surface area contributed by atoms with Gasteiger partial charge in [0.05, 0.1) is 17.7 Å². The molecule has 0 radical (unpaired) electrons. The molecule has 0 heterocycles. The molecule has 1 aliphatic rings. The quantitative estimate of drug-likeness (QED) is 0.348. The van der Waals surface area contributed by atoms with Crippen LogP contribution in [0.4, 0.5) is 10.1 Å². The third-order valence-electron chi connectivity index (χ3n) is 7.36. The molecule has 0 spiro atoms. The zero-order valence-electron chi connectivity index (χ0n) is 23.3. The van der Waals surface area contributed by atoms with E-state index in [-0.39, 0.29) is 23.4 Å². The standard InChI is InChI=1S/C31H36FN3O5S/c1-23(31(37)33-26-9-5-3-6-10-26)34(21-24-13-15-25(32)16-14-24)30(36)22-35(27-11-7-4-8-12-27)41(38,39)29-19-17-28(40-2)18-20-29/h4,7-8,11-20,23,26H,3,5-6,9-10,21-22H2,1-2H3,(H,33,37)/t23-/m0/s1. The maximum Gasteiger partial charge on any atom is 0.264 e. The Balaban J connectivity index is 1.65. The summed E-state index contributed by atoms with van der Waals surface area (Å²) in [5.74, 6) is -0.802. The van der Waals surface area contributed by atoms with E-state index in [9.17, 15) is 22.4 Å². The van der Waals surface area contributed by atoms with Crippen molar-refractivity contribution in [3.8, 4) is 5.75 Å². The van der Waals surface area contributed by atoms with Gasteiger partial charge >= 0.3 is 0 Å². The highest BCUT2D eigenvalue weighted by Crippen LogP contribution is 2.26. The highest BCUT2D eigenvalue weighted by molar-refractivity contribution is 7.92. The Morgan fingerprint density at radius 3 is 2.20 bits per heavy atom. The van der Waals surface area contributed by atoms with Crippen LogP contribution in [-0.2, 0) is 26.2 Å². The van der Waals surface area contributed by atoms with Gasteiger partial charge in [0.15, 0.2) is 0 Å². The Morgan fingerprint density at radius 2 is 1.59 bits per heavy atom. The maximum atomic E-state index is 14.0. The van der Waals surface area contributed by atoms with Gasteiger partial charge < -0.3 is 15.0 Å². The topological polar surface area (TPSA) is 96.0 Å². The predicted molar refractivity (Wildman–Crippen MR) is 155 cm³/mol. The molecule has 4 rings (SSSR count). The molecule has 218 valence electrons. The first-order valence-electron chi connectivity index (χ1n) is 13.7. The molecule has 0 aliphatic heterocycles. The van der Waals surface area contributed by atoms with Gasteiger partial charge in [0.25, 0.3) is 10.0 Å². The molecule has 0 aromatic heterocycles. The van der Waals surface area contributed by atoms with Crippen LogP contribution in [0.15, 0.2) is 83.8 Å². The SMILES string of the molecule is COc1ccc(S(=O)(=O)N(CC(=O)N(Cc2ccc(F)cc2)[C@@H](C)C(=O)NC2CCCCC2)c2ccccc2)cc1. The number of halogens is 1. The second kappa shape index (κ2) is 13.6. The molecule has 1 atom stereocenters. The molecule has 41 heavy (non-hydrogen) atoms. The van der Waals surface area contributed by atoms with Crippen molar-refractivity contribution in [2.75, 3.05) is 18.0 Å². The average Bonchev–Trinajstić information content (AvgIpc) is 3.00. The Morgan fingerprint density at radius 1 is 0.951 bits per heavy atom. The third kappa shape index (κ3) is 7.64. The van der Waals surface area contributed by atoms with Crippen molar-refractivity contribution in [1.82, 2.24) is 10.2 Å². The zero-order valence-corrected chi connectivity index (χ0v) is 24.1. The van der Waals surface area contributed by atoms with Crippen LogP contribution in [0.5, 0.6) is 5.75 Å². The Kier molecular flexibility index (Phi) is 9.99. The first-order valence-corrected chi connectivity index (χ1v) is 15.2. The molecule has 8 nitrogen and oxygen atoms in total. The molecule has 10 heteroatoms. The number of hydrogen-bond donors (Lipinski definition) is 1. The van der Waals surface area contributed by atoms with Crippen LogP contribution in [0, 0.1) is 5.82 Å². The molecule has 3 aromatic rings.